The van der Waals surface area contributed by atoms with Crippen LogP contribution in [0.5, 0.6) is 0 Å². The van der Waals surface area contributed by atoms with E-state index in [1.807, 2.05) is 13.0 Å². The molecule has 0 unspecified atom stereocenters. The minimum absolute atomic E-state index is 0.0285. The molecule has 1 aromatic rings. The Labute approximate surface area is 173 Å². The molecule has 6 nitrogen and oxygen atoms in total. The van der Waals surface area contributed by atoms with Crippen LogP contribution in [-0.4, -0.2) is 24.4 Å². The van der Waals surface area contributed by atoms with Crippen LogP contribution in [0, 0.1) is 18.8 Å². The van der Waals surface area contributed by atoms with Crippen LogP contribution in [-0.2, 0) is 9.47 Å². The van der Waals surface area contributed by atoms with Gasteiger partial charge in [-0.1, -0.05) is 32.8 Å². The molecule has 4 atom stereocenters. The zero-order valence-corrected chi connectivity index (χ0v) is 17.8. The average molecular weight is 403 g/mol. The topological polar surface area (TPSA) is 76.7 Å². The third-order valence-electron chi connectivity index (χ3n) is 6.30. The van der Waals surface area contributed by atoms with E-state index in [1.165, 1.54) is 12.8 Å². The van der Waals surface area contributed by atoms with Crippen molar-refractivity contribution in [2.75, 3.05) is 10.6 Å². The summed E-state index contributed by atoms with van der Waals surface area (Å²) < 4.78 is 11.2. The first-order valence-electron chi connectivity index (χ1n) is 11.0. The van der Waals surface area contributed by atoms with Crippen molar-refractivity contribution >= 4 is 23.6 Å². The molecule has 0 saturated heterocycles. The number of carbonyl (C=O) groups excluding carboxylic acids is 2. The summed E-state index contributed by atoms with van der Waals surface area (Å²) in [4.78, 5) is 24.7. The third kappa shape index (κ3) is 6.12. The van der Waals surface area contributed by atoms with E-state index in [1.54, 1.807) is 12.1 Å². The molecule has 2 fully saturated rings. The van der Waals surface area contributed by atoms with Crippen molar-refractivity contribution in [2.45, 2.75) is 84.3 Å². The highest BCUT2D eigenvalue weighted by Crippen LogP contribution is 2.28. The molecule has 2 aliphatic rings. The van der Waals surface area contributed by atoms with Crippen LogP contribution in [0.3, 0.4) is 0 Å². The molecule has 2 N–H and O–H groups in total. The Morgan fingerprint density at radius 2 is 1.34 bits per heavy atom. The lowest BCUT2D eigenvalue weighted by Crippen LogP contribution is -2.30. The quantitative estimate of drug-likeness (QED) is 0.624. The van der Waals surface area contributed by atoms with Gasteiger partial charge in [-0.2, -0.15) is 0 Å². The fourth-order valence-electron chi connectivity index (χ4n) is 4.31. The smallest absolute Gasteiger partial charge is 0.411 e. The van der Waals surface area contributed by atoms with Gasteiger partial charge in [0.1, 0.15) is 12.2 Å². The Morgan fingerprint density at radius 3 is 1.90 bits per heavy atom. The zero-order chi connectivity index (χ0) is 20.8. The van der Waals surface area contributed by atoms with Gasteiger partial charge in [-0.3, -0.25) is 10.6 Å². The van der Waals surface area contributed by atoms with Crippen LogP contribution in [0.2, 0.25) is 0 Å². The fourth-order valence-corrected chi connectivity index (χ4v) is 4.31. The lowest BCUT2D eigenvalue weighted by Gasteiger charge is -2.28. The Balaban J connectivity index is 1.56. The second-order valence-corrected chi connectivity index (χ2v) is 8.69. The lowest BCUT2D eigenvalue weighted by molar-refractivity contribution is 0.0521. The van der Waals surface area contributed by atoms with Gasteiger partial charge in [0, 0.05) is 11.4 Å². The second-order valence-electron chi connectivity index (χ2n) is 8.69. The summed E-state index contributed by atoms with van der Waals surface area (Å²) in [6.45, 7) is 6.17. The number of aryl methyl sites for hydroxylation is 1. The van der Waals surface area contributed by atoms with E-state index < -0.39 is 12.2 Å². The third-order valence-corrected chi connectivity index (χ3v) is 6.30. The van der Waals surface area contributed by atoms with Gasteiger partial charge in [0.05, 0.1) is 0 Å². The standard InChI is InChI=1S/C23H34N2O4/c1-15-12-13-18(24-22(26)28-20-10-6-4-8-16(20)2)14-19(15)25-23(27)29-21-11-7-5-9-17(21)3/h12-14,16-17,20-21H,4-11H2,1-3H3,(H,24,26)(H,25,27)/t16-,17-,20+,21+/m0/s1. The monoisotopic (exact) mass is 402 g/mol. The van der Waals surface area contributed by atoms with Crippen molar-refractivity contribution in [3.05, 3.63) is 23.8 Å². The van der Waals surface area contributed by atoms with Crippen LogP contribution in [0.25, 0.3) is 0 Å². The van der Waals surface area contributed by atoms with Gasteiger partial charge in [-0.05, 0) is 75.0 Å². The van der Waals surface area contributed by atoms with Crippen molar-refractivity contribution in [3.8, 4) is 0 Å². The largest absolute Gasteiger partial charge is 0.446 e. The molecule has 29 heavy (non-hydrogen) atoms. The average Bonchev–Trinajstić information content (AvgIpc) is 2.68. The molecular formula is C23H34N2O4. The van der Waals surface area contributed by atoms with Gasteiger partial charge >= 0.3 is 12.2 Å². The molecule has 0 heterocycles. The molecule has 1 aromatic carbocycles. The van der Waals surface area contributed by atoms with Crippen LogP contribution in [0.4, 0.5) is 21.0 Å². The molecule has 2 saturated carbocycles. The first-order valence-corrected chi connectivity index (χ1v) is 11.0. The van der Waals surface area contributed by atoms with E-state index in [0.29, 0.717) is 23.2 Å². The molecule has 160 valence electrons. The number of amides is 2. The summed E-state index contributed by atoms with van der Waals surface area (Å²) in [6, 6.07) is 5.41. The summed E-state index contributed by atoms with van der Waals surface area (Å²) in [7, 11) is 0. The maximum absolute atomic E-state index is 12.4. The summed E-state index contributed by atoms with van der Waals surface area (Å²) in [6.07, 6.45) is 7.68. The van der Waals surface area contributed by atoms with E-state index in [0.717, 1.165) is 44.1 Å². The number of benzene rings is 1. The highest BCUT2D eigenvalue weighted by molar-refractivity contribution is 5.89. The lowest BCUT2D eigenvalue weighted by atomic mass is 9.88. The van der Waals surface area contributed by atoms with Crippen molar-refractivity contribution in [1.82, 2.24) is 0 Å². The number of hydrogen-bond acceptors (Lipinski definition) is 4. The van der Waals surface area contributed by atoms with Gasteiger partial charge in [-0.25, -0.2) is 9.59 Å². The number of nitrogens with one attached hydrogen (secondary N) is 2. The molecule has 0 spiro atoms. The molecule has 2 amide bonds. The minimum Gasteiger partial charge on any atom is -0.446 e. The first kappa shape index (κ1) is 21.5. The number of anilines is 2. The zero-order valence-electron chi connectivity index (χ0n) is 17.8. The summed E-state index contributed by atoms with van der Waals surface area (Å²) >= 11 is 0. The fraction of sp³-hybridized carbons (Fsp3) is 0.652. The van der Waals surface area contributed by atoms with Gasteiger partial charge < -0.3 is 9.47 Å². The van der Waals surface area contributed by atoms with Crippen LogP contribution < -0.4 is 10.6 Å². The summed E-state index contributed by atoms with van der Waals surface area (Å²) in [5, 5.41) is 5.61. The van der Waals surface area contributed by atoms with Gasteiger partial charge in [0.15, 0.2) is 0 Å². The van der Waals surface area contributed by atoms with Crippen LogP contribution in [0.15, 0.2) is 18.2 Å². The minimum atomic E-state index is -0.447. The van der Waals surface area contributed by atoms with E-state index in [2.05, 4.69) is 24.5 Å². The van der Waals surface area contributed by atoms with Gasteiger partial charge in [0.2, 0.25) is 0 Å². The maximum atomic E-state index is 12.4. The summed E-state index contributed by atoms with van der Waals surface area (Å²) in [5.74, 6) is 0.780. The predicted molar refractivity (Wildman–Crippen MR) is 114 cm³/mol. The maximum Gasteiger partial charge on any atom is 0.411 e. The number of hydrogen-bond donors (Lipinski definition) is 2. The van der Waals surface area contributed by atoms with Crippen molar-refractivity contribution < 1.29 is 19.1 Å². The molecule has 3 rings (SSSR count). The number of carbonyl (C=O) groups is 2. The van der Waals surface area contributed by atoms with Crippen molar-refractivity contribution in [3.63, 3.8) is 0 Å². The van der Waals surface area contributed by atoms with Crippen LogP contribution in [0.1, 0.15) is 70.8 Å². The highest BCUT2D eigenvalue weighted by Gasteiger charge is 2.26. The molecular weight excluding hydrogens is 368 g/mol. The molecule has 0 aliphatic heterocycles. The normalized spacial score (nSPS) is 27.0. The van der Waals surface area contributed by atoms with Gasteiger partial charge in [0.25, 0.3) is 0 Å². The van der Waals surface area contributed by atoms with Crippen molar-refractivity contribution in [1.29, 1.82) is 0 Å². The predicted octanol–water partition coefficient (Wildman–Crippen LogP) is 6.25. The molecule has 0 aromatic heterocycles. The Morgan fingerprint density at radius 1 is 0.828 bits per heavy atom. The van der Waals surface area contributed by atoms with Crippen LogP contribution >= 0.6 is 0 Å². The Bertz CT molecular complexity index is 721. The first-order chi connectivity index (χ1) is 13.9. The molecule has 0 radical (unpaired) electrons. The molecule has 2 aliphatic carbocycles. The molecule has 0 bridgehead atoms. The van der Waals surface area contributed by atoms with E-state index in [9.17, 15) is 9.59 Å². The number of ether oxygens (including phenoxy) is 2. The van der Waals surface area contributed by atoms with E-state index >= 15 is 0 Å². The number of rotatable bonds is 4. The van der Waals surface area contributed by atoms with E-state index in [4.69, 9.17) is 9.47 Å². The summed E-state index contributed by atoms with van der Waals surface area (Å²) in [5.41, 5.74) is 2.12. The van der Waals surface area contributed by atoms with E-state index in [-0.39, 0.29) is 12.2 Å². The Kier molecular flexibility index (Phi) is 7.40. The SMILES string of the molecule is Cc1ccc(NC(=O)O[C@@H]2CCCC[C@@H]2C)cc1NC(=O)O[C@@H]1CCCC[C@@H]1C. The van der Waals surface area contributed by atoms with Crippen molar-refractivity contribution in [2.24, 2.45) is 11.8 Å². The van der Waals surface area contributed by atoms with Gasteiger partial charge in [-0.15, -0.1) is 0 Å². The highest BCUT2D eigenvalue weighted by atomic mass is 16.6. The Hall–Kier alpha value is -2.24. The molecule has 6 heteroatoms. The second kappa shape index (κ2) is 9.99.